The second-order valence-corrected chi connectivity index (χ2v) is 5.00. The van der Waals surface area contributed by atoms with E-state index in [1.807, 2.05) is 32.0 Å². The van der Waals surface area contributed by atoms with Crippen LogP contribution in [0.4, 0.5) is 5.69 Å². The molecule has 2 aromatic rings. The zero-order valence-electron chi connectivity index (χ0n) is 12.1. The van der Waals surface area contributed by atoms with E-state index in [4.69, 9.17) is 10.5 Å². The van der Waals surface area contributed by atoms with E-state index in [0.29, 0.717) is 11.3 Å². The van der Waals surface area contributed by atoms with Crippen molar-refractivity contribution in [2.75, 3.05) is 0 Å². The van der Waals surface area contributed by atoms with Crippen LogP contribution in [0.15, 0.2) is 42.5 Å². The van der Waals surface area contributed by atoms with Gasteiger partial charge in [-0.25, -0.2) is 0 Å². The average molecular weight is 286 g/mol. The van der Waals surface area contributed by atoms with Gasteiger partial charge in [0.15, 0.2) is 0 Å². The Kier molecular flexibility index (Phi) is 4.55. The van der Waals surface area contributed by atoms with Gasteiger partial charge in [-0.2, -0.15) is 0 Å². The van der Waals surface area contributed by atoms with Crippen molar-refractivity contribution in [1.82, 2.24) is 0 Å². The van der Waals surface area contributed by atoms with Crippen LogP contribution in [0, 0.1) is 17.0 Å². The molecule has 5 heteroatoms. The van der Waals surface area contributed by atoms with Gasteiger partial charge in [-0.3, -0.25) is 10.1 Å². The maximum absolute atomic E-state index is 11.0. The van der Waals surface area contributed by atoms with Gasteiger partial charge in [0, 0.05) is 17.7 Å². The lowest BCUT2D eigenvalue weighted by Gasteiger charge is -2.15. The standard InChI is InChI=1S/C16H18N2O3/c1-11-7-8-14(12(2)17)16(9-11)21-10-13-5-3-4-6-15(13)18(19)20/h3-9,12H,10,17H2,1-2H3. The molecule has 0 amide bonds. The van der Waals surface area contributed by atoms with E-state index in [-0.39, 0.29) is 18.3 Å². The van der Waals surface area contributed by atoms with Crippen molar-refractivity contribution in [1.29, 1.82) is 0 Å². The molecule has 110 valence electrons. The molecule has 5 nitrogen and oxygen atoms in total. The number of rotatable bonds is 5. The summed E-state index contributed by atoms with van der Waals surface area (Å²) >= 11 is 0. The van der Waals surface area contributed by atoms with Crippen molar-refractivity contribution in [2.24, 2.45) is 5.73 Å². The summed E-state index contributed by atoms with van der Waals surface area (Å²) in [7, 11) is 0. The number of nitrogens with two attached hydrogens (primary N) is 1. The highest BCUT2D eigenvalue weighted by atomic mass is 16.6. The molecule has 0 saturated heterocycles. The topological polar surface area (TPSA) is 78.4 Å². The molecule has 1 unspecified atom stereocenters. The molecule has 0 fully saturated rings. The normalized spacial score (nSPS) is 12.0. The Morgan fingerprint density at radius 3 is 2.67 bits per heavy atom. The summed E-state index contributed by atoms with van der Waals surface area (Å²) in [4.78, 5) is 10.6. The fourth-order valence-electron chi connectivity index (χ4n) is 2.11. The Hall–Kier alpha value is -2.40. The van der Waals surface area contributed by atoms with E-state index >= 15 is 0 Å². The van der Waals surface area contributed by atoms with E-state index in [9.17, 15) is 10.1 Å². The Balaban J connectivity index is 2.24. The number of para-hydroxylation sites is 1. The van der Waals surface area contributed by atoms with E-state index in [0.717, 1.165) is 11.1 Å². The van der Waals surface area contributed by atoms with Crippen molar-refractivity contribution in [2.45, 2.75) is 26.5 Å². The van der Waals surface area contributed by atoms with Gasteiger partial charge in [-0.05, 0) is 31.5 Å². The van der Waals surface area contributed by atoms with Gasteiger partial charge in [0.1, 0.15) is 12.4 Å². The molecule has 21 heavy (non-hydrogen) atoms. The molecular formula is C16H18N2O3. The van der Waals surface area contributed by atoms with Crippen LogP contribution in [0.2, 0.25) is 0 Å². The molecular weight excluding hydrogens is 268 g/mol. The van der Waals surface area contributed by atoms with Gasteiger partial charge < -0.3 is 10.5 Å². The van der Waals surface area contributed by atoms with Crippen LogP contribution in [0.25, 0.3) is 0 Å². The largest absolute Gasteiger partial charge is 0.488 e. The molecule has 0 aliphatic heterocycles. The van der Waals surface area contributed by atoms with E-state index in [1.165, 1.54) is 6.07 Å². The lowest BCUT2D eigenvalue weighted by atomic mass is 10.1. The van der Waals surface area contributed by atoms with Crippen LogP contribution >= 0.6 is 0 Å². The van der Waals surface area contributed by atoms with Crippen LogP contribution in [0.1, 0.15) is 29.7 Å². The van der Waals surface area contributed by atoms with Gasteiger partial charge in [0.05, 0.1) is 10.5 Å². The SMILES string of the molecule is Cc1ccc(C(C)N)c(OCc2ccccc2[N+](=O)[O-])c1. The fourth-order valence-corrected chi connectivity index (χ4v) is 2.11. The quantitative estimate of drug-likeness (QED) is 0.674. The number of ether oxygens (including phenoxy) is 1. The minimum atomic E-state index is -0.401. The minimum Gasteiger partial charge on any atom is -0.488 e. The molecule has 0 heterocycles. The zero-order valence-corrected chi connectivity index (χ0v) is 12.1. The Labute approximate surface area is 123 Å². The third-order valence-electron chi connectivity index (χ3n) is 3.23. The molecule has 0 aliphatic rings. The minimum absolute atomic E-state index is 0.0625. The first-order valence-electron chi connectivity index (χ1n) is 6.70. The monoisotopic (exact) mass is 286 g/mol. The lowest BCUT2D eigenvalue weighted by Crippen LogP contribution is -2.09. The van der Waals surface area contributed by atoms with Crippen LogP contribution in [0.5, 0.6) is 5.75 Å². The third kappa shape index (κ3) is 3.58. The van der Waals surface area contributed by atoms with Gasteiger partial charge >= 0.3 is 0 Å². The highest BCUT2D eigenvalue weighted by Crippen LogP contribution is 2.27. The maximum atomic E-state index is 11.0. The molecule has 2 N–H and O–H groups in total. The molecule has 0 radical (unpaired) electrons. The third-order valence-corrected chi connectivity index (χ3v) is 3.23. The molecule has 0 saturated carbocycles. The smallest absolute Gasteiger partial charge is 0.276 e. The number of hydrogen-bond donors (Lipinski definition) is 1. The second-order valence-electron chi connectivity index (χ2n) is 5.00. The Bertz CT molecular complexity index is 654. The van der Waals surface area contributed by atoms with E-state index in [2.05, 4.69) is 0 Å². The Morgan fingerprint density at radius 1 is 1.29 bits per heavy atom. The van der Waals surface area contributed by atoms with Crippen molar-refractivity contribution >= 4 is 5.69 Å². The highest BCUT2D eigenvalue weighted by Gasteiger charge is 2.14. The summed E-state index contributed by atoms with van der Waals surface area (Å²) in [6, 6.07) is 12.2. The van der Waals surface area contributed by atoms with E-state index in [1.54, 1.807) is 18.2 Å². The first-order chi connectivity index (χ1) is 9.99. The summed E-state index contributed by atoms with van der Waals surface area (Å²) in [5.74, 6) is 0.670. The highest BCUT2D eigenvalue weighted by molar-refractivity contribution is 5.42. The predicted octanol–water partition coefficient (Wildman–Crippen LogP) is 3.50. The van der Waals surface area contributed by atoms with Crippen LogP contribution in [-0.4, -0.2) is 4.92 Å². The van der Waals surface area contributed by atoms with Crippen molar-refractivity contribution in [3.63, 3.8) is 0 Å². The van der Waals surface area contributed by atoms with Crippen LogP contribution in [-0.2, 0) is 6.61 Å². The Morgan fingerprint density at radius 2 is 2.00 bits per heavy atom. The fraction of sp³-hybridized carbons (Fsp3) is 0.250. The van der Waals surface area contributed by atoms with Gasteiger partial charge in [0.2, 0.25) is 0 Å². The van der Waals surface area contributed by atoms with E-state index < -0.39 is 4.92 Å². The summed E-state index contributed by atoms with van der Waals surface area (Å²) < 4.78 is 5.77. The van der Waals surface area contributed by atoms with Crippen molar-refractivity contribution in [3.05, 3.63) is 69.3 Å². The molecule has 0 spiro atoms. The number of nitrogens with zero attached hydrogens (tertiary/aromatic N) is 1. The average Bonchev–Trinajstić information content (AvgIpc) is 2.45. The molecule has 2 rings (SSSR count). The summed E-state index contributed by atoms with van der Waals surface area (Å²) in [6.07, 6.45) is 0. The summed E-state index contributed by atoms with van der Waals surface area (Å²) in [6.45, 7) is 3.98. The zero-order chi connectivity index (χ0) is 15.4. The molecule has 1 atom stereocenters. The van der Waals surface area contributed by atoms with Crippen molar-refractivity contribution in [3.8, 4) is 5.75 Å². The van der Waals surface area contributed by atoms with Gasteiger partial charge in [-0.1, -0.05) is 24.3 Å². The molecule has 0 aromatic heterocycles. The van der Waals surface area contributed by atoms with Crippen LogP contribution in [0.3, 0.4) is 0 Å². The first kappa shape index (κ1) is 15.0. The number of hydrogen-bond acceptors (Lipinski definition) is 4. The van der Waals surface area contributed by atoms with Crippen molar-refractivity contribution < 1.29 is 9.66 Å². The predicted molar refractivity (Wildman–Crippen MR) is 81.2 cm³/mol. The number of aryl methyl sites for hydroxylation is 1. The summed E-state index contributed by atoms with van der Waals surface area (Å²) in [5.41, 5.74) is 8.47. The molecule has 0 bridgehead atoms. The molecule has 0 aliphatic carbocycles. The van der Waals surface area contributed by atoms with Gasteiger partial charge in [0.25, 0.3) is 5.69 Å². The van der Waals surface area contributed by atoms with Gasteiger partial charge in [-0.15, -0.1) is 0 Å². The first-order valence-corrected chi connectivity index (χ1v) is 6.70. The number of nitro benzene ring substituents is 1. The second kappa shape index (κ2) is 6.37. The summed E-state index contributed by atoms with van der Waals surface area (Å²) in [5, 5.41) is 11.0. The lowest BCUT2D eigenvalue weighted by molar-refractivity contribution is -0.385. The van der Waals surface area contributed by atoms with Crippen LogP contribution < -0.4 is 10.5 Å². The number of nitro groups is 1. The maximum Gasteiger partial charge on any atom is 0.276 e. The molecule has 2 aromatic carbocycles. The number of benzene rings is 2.